The lowest BCUT2D eigenvalue weighted by molar-refractivity contribution is 0.386. The molecule has 0 atom stereocenters. The lowest BCUT2D eigenvalue weighted by Gasteiger charge is -2.35. The second-order valence-electron chi connectivity index (χ2n) is 4.76. The number of thiophene rings is 1. The lowest BCUT2D eigenvalue weighted by Crippen LogP contribution is -2.48. The monoisotopic (exact) mass is 324 g/mol. The third-order valence-electron chi connectivity index (χ3n) is 3.50. The van der Waals surface area contributed by atoms with Gasteiger partial charge in [-0.05, 0) is 17.5 Å². The lowest BCUT2D eigenvalue weighted by atomic mass is 10.2. The maximum absolute atomic E-state index is 12.4. The van der Waals surface area contributed by atoms with Crippen LogP contribution in [-0.2, 0) is 10.0 Å². The van der Waals surface area contributed by atoms with E-state index in [9.17, 15) is 8.42 Å². The molecule has 1 fully saturated rings. The standard InChI is InChI=1S/C13H16N4O2S2/c14-11-10-15-4-3-12(11)16-5-7-17(8-6-16)21(18,19)13-2-1-9-20-13/h1-4,9-10H,5-8,14H2. The molecule has 112 valence electrons. The molecule has 2 N–H and O–H groups in total. The number of piperazine rings is 1. The quantitative estimate of drug-likeness (QED) is 0.919. The summed E-state index contributed by atoms with van der Waals surface area (Å²) in [7, 11) is -3.35. The van der Waals surface area contributed by atoms with Gasteiger partial charge in [-0.25, -0.2) is 8.42 Å². The Bertz CT molecular complexity index is 708. The van der Waals surface area contributed by atoms with Crippen LogP contribution in [-0.4, -0.2) is 43.9 Å². The highest BCUT2D eigenvalue weighted by atomic mass is 32.2. The second-order valence-corrected chi connectivity index (χ2v) is 7.87. The Hall–Kier alpha value is -1.64. The Balaban J connectivity index is 1.73. The van der Waals surface area contributed by atoms with E-state index in [0.717, 1.165) is 5.69 Å². The summed E-state index contributed by atoms with van der Waals surface area (Å²) >= 11 is 1.25. The number of anilines is 2. The van der Waals surface area contributed by atoms with Crippen LogP contribution in [0.1, 0.15) is 0 Å². The largest absolute Gasteiger partial charge is 0.396 e. The molecule has 1 aliphatic rings. The van der Waals surface area contributed by atoms with Crippen molar-refractivity contribution in [1.29, 1.82) is 0 Å². The molecular formula is C13H16N4O2S2. The van der Waals surface area contributed by atoms with Gasteiger partial charge in [0.15, 0.2) is 0 Å². The summed E-state index contributed by atoms with van der Waals surface area (Å²) in [5, 5.41) is 1.78. The zero-order valence-electron chi connectivity index (χ0n) is 11.3. The molecule has 3 heterocycles. The van der Waals surface area contributed by atoms with Gasteiger partial charge in [-0.3, -0.25) is 4.98 Å². The van der Waals surface area contributed by atoms with Gasteiger partial charge in [0.2, 0.25) is 0 Å². The number of rotatable bonds is 3. The van der Waals surface area contributed by atoms with E-state index >= 15 is 0 Å². The number of hydrogen-bond donors (Lipinski definition) is 1. The van der Waals surface area contributed by atoms with E-state index in [1.54, 1.807) is 29.9 Å². The number of nitrogens with two attached hydrogens (primary N) is 1. The number of nitrogen functional groups attached to an aromatic ring is 1. The molecule has 6 nitrogen and oxygen atoms in total. The molecule has 0 spiro atoms. The minimum Gasteiger partial charge on any atom is -0.396 e. The van der Waals surface area contributed by atoms with Crippen molar-refractivity contribution in [1.82, 2.24) is 9.29 Å². The highest BCUT2D eigenvalue weighted by molar-refractivity contribution is 7.91. The van der Waals surface area contributed by atoms with Gasteiger partial charge >= 0.3 is 0 Å². The Morgan fingerprint density at radius 2 is 1.95 bits per heavy atom. The second kappa shape index (κ2) is 5.63. The number of nitrogens with zero attached hydrogens (tertiary/aromatic N) is 3. The molecule has 0 aromatic carbocycles. The van der Waals surface area contributed by atoms with Crippen LogP contribution in [0.25, 0.3) is 0 Å². The van der Waals surface area contributed by atoms with Crippen LogP contribution in [0.3, 0.4) is 0 Å². The zero-order valence-corrected chi connectivity index (χ0v) is 13.0. The SMILES string of the molecule is Nc1cnccc1N1CCN(S(=O)(=O)c2cccs2)CC1. The van der Waals surface area contributed by atoms with Crippen LogP contribution in [0.15, 0.2) is 40.2 Å². The summed E-state index contributed by atoms with van der Waals surface area (Å²) in [6.45, 7) is 2.17. The van der Waals surface area contributed by atoms with E-state index in [0.29, 0.717) is 36.1 Å². The fraction of sp³-hybridized carbons (Fsp3) is 0.308. The van der Waals surface area contributed by atoms with E-state index < -0.39 is 10.0 Å². The predicted molar refractivity (Wildman–Crippen MR) is 83.9 cm³/mol. The molecule has 1 aliphatic heterocycles. The minimum absolute atomic E-state index is 0.402. The van der Waals surface area contributed by atoms with E-state index in [1.807, 2.05) is 6.07 Å². The van der Waals surface area contributed by atoms with Gasteiger partial charge in [0.05, 0.1) is 17.6 Å². The molecule has 0 radical (unpaired) electrons. The third-order valence-corrected chi connectivity index (χ3v) is 6.77. The van der Waals surface area contributed by atoms with Crippen molar-refractivity contribution in [2.24, 2.45) is 0 Å². The topological polar surface area (TPSA) is 79.5 Å². The summed E-state index contributed by atoms with van der Waals surface area (Å²) in [5.41, 5.74) is 7.45. The number of sulfonamides is 1. The Morgan fingerprint density at radius 3 is 2.57 bits per heavy atom. The van der Waals surface area contributed by atoms with Crippen LogP contribution < -0.4 is 10.6 Å². The fourth-order valence-electron chi connectivity index (χ4n) is 2.39. The van der Waals surface area contributed by atoms with Crippen LogP contribution in [0, 0.1) is 0 Å². The van der Waals surface area contributed by atoms with Crippen molar-refractivity contribution >= 4 is 32.7 Å². The van der Waals surface area contributed by atoms with Gasteiger partial charge in [-0.1, -0.05) is 6.07 Å². The number of pyridine rings is 1. The van der Waals surface area contributed by atoms with Gasteiger partial charge in [-0.2, -0.15) is 4.31 Å². The zero-order chi connectivity index (χ0) is 14.9. The summed E-state index contributed by atoms with van der Waals surface area (Å²) in [5.74, 6) is 0. The van der Waals surface area contributed by atoms with Gasteiger partial charge in [0.25, 0.3) is 10.0 Å². The summed E-state index contributed by atoms with van der Waals surface area (Å²) in [6, 6.07) is 5.26. The maximum Gasteiger partial charge on any atom is 0.252 e. The molecule has 0 bridgehead atoms. The molecule has 3 rings (SSSR count). The predicted octanol–water partition coefficient (Wildman–Crippen LogP) is 1.24. The van der Waals surface area contributed by atoms with Crippen molar-refractivity contribution < 1.29 is 8.42 Å². The van der Waals surface area contributed by atoms with Gasteiger partial charge < -0.3 is 10.6 Å². The first-order valence-corrected chi connectivity index (χ1v) is 8.89. The molecule has 21 heavy (non-hydrogen) atoms. The number of aromatic nitrogens is 1. The number of hydrogen-bond acceptors (Lipinski definition) is 6. The molecule has 0 amide bonds. The van der Waals surface area contributed by atoms with Gasteiger partial charge in [0, 0.05) is 32.4 Å². The average molecular weight is 324 g/mol. The molecular weight excluding hydrogens is 308 g/mol. The van der Waals surface area contributed by atoms with Gasteiger partial charge in [-0.15, -0.1) is 11.3 Å². The molecule has 0 saturated carbocycles. The van der Waals surface area contributed by atoms with E-state index in [-0.39, 0.29) is 0 Å². The first kappa shape index (κ1) is 14.3. The van der Waals surface area contributed by atoms with Crippen LogP contribution in [0.5, 0.6) is 0 Å². The summed E-state index contributed by atoms with van der Waals surface area (Å²) < 4.78 is 26.8. The minimum atomic E-state index is -3.35. The molecule has 1 saturated heterocycles. The first-order chi connectivity index (χ1) is 10.1. The van der Waals surface area contributed by atoms with Crippen LogP contribution >= 0.6 is 11.3 Å². The first-order valence-electron chi connectivity index (χ1n) is 6.57. The van der Waals surface area contributed by atoms with Crippen molar-refractivity contribution in [2.45, 2.75) is 4.21 Å². The smallest absolute Gasteiger partial charge is 0.252 e. The van der Waals surface area contributed by atoms with Crippen LogP contribution in [0.2, 0.25) is 0 Å². The van der Waals surface area contributed by atoms with Crippen molar-refractivity contribution in [3.05, 3.63) is 36.0 Å². The Labute approximate surface area is 127 Å². The van der Waals surface area contributed by atoms with Crippen molar-refractivity contribution in [2.75, 3.05) is 36.8 Å². The molecule has 2 aromatic rings. The highest BCUT2D eigenvalue weighted by Gasteiger charge is 2.29. The summed E-state index contributed by atoms with van der Waals surface area (Å²) in [6.07, 6.45) is 3.31. The highest BCUT2D eigenvalue weighted by Crippen LogP contribution is 2.26. The van der Waals surface area contributed by atoms with E-state index in [2.05, 4.69) is 9.88 Å². The Morgan fingerprint density at radius 1 is 1.19 bits per heavy atom. The van der Waals surface area contributed by atoms with Crippen molar-refractivity contribution in [3.8, 4) is 0 Å². The van der Waals surface area contributed by atoms with E-state index in [1.165, 1.54) is 15.6 Å². The normalized spacial score (nSPS) is 17.0. The molecule has 2 aromatic heterocycles. The van der Waals surface area contributed by atoms with Gasteiger partial charge in [0.1, 0.15) is 4.21 Å². The molecule has 0 unspecified atom stereocenters. The third kappa shape index (κ3) is 2.74. The molecule has 0 aliphatic carbocycles. The van der Waals surface area contributed by atoms with Crippen molar-refractivity contribution in [3.63, 3.8) is 0 Å². The van der Waals surface area contributed by atoms with Crippen LogP contribution in [0.4, 0.5) is 11.4 Å². The fourth-order valence-corrected chi connectivity index (χ4v) is 4.96. The van der Waals surface area contributed by atoms with E-state index in [4.69, 9.17) is 5.73 Å². The summed E-state index contributed by atoms with van der Waals surface area (Å²) in [4.78, 5) is 6.07. The maximum atomic E-state index is 12.4. The average Bonchev–Trinajstić information content (AvgIpc) is 3.03. The Kier molecular flexibility index (Phi) is 3.83. The molecule has 8 heteroatoms.